The first-order chi connectivity index (χ1) is 14.4. The highest BCUT2D eigenvalue weighted by Crippen LogP contribution is 2.38. The van der Waals surface area contributed by atoms with Gasteiger partial charge in [0, 0.05) is 10.0 Å². The molecule has 150 valence electrons. The highest BCUT2D eigenvalue weighted by atomic mass is 79.9. The first kappa shape index (κ1) is 20.4. The topological polar surface area (TPSA) is 52.9 Å². The van der Waals surface area contributed by atoms with Crippen LogP contribution in [0.3, 0.4) is 0 Å². The molecule has 0 saturated carbocycles. The fourth-order valence-corrected chi connectivity index (χ4v) is 4.35. The number of phenolic OH excluding ortho intramolecular Hbond substituents is 1. The molecule has 1 amide bonds. The average molecular weight is 479 g/mol. The highest BCUT2D eigenvalue weighted by molar-refractivity contribution is 9.10. The van der Waals surface area contributed by atoms with Crippen LogP contribution < -0.4 is 4.90 Å². The molecule has 30 heavy (non-hydrogen) atoms. The lowest BCUT2D eigenvalue weighted by molar-refractivity contribution is -0.113. The van der Waals surface area contributed by atoms with Crippen molar-refractivity contribution < 1.29 is 9.90 Å². The number of anilines is 1. The minimum atomic E-state index is -0.172. The van der Waals surface area contributed by atoms with E-state index < -0.39 is 0 Å². The van der Waals surface area contributed by atoms with Gasteiger partial charge in [-0.1, -0.05) is 51.3 Å². The summed E-state index contributed by atoms with van der Waals surface area (Å²) >= 11 is 4.71. The van der Waals surface area contributed by atoms with Crippen LogP contribution in [0.15, 0.2) is 81.1 Å². The van der Waals surface area contributed by atoms with Gasteiger partial charge in [-0.05, 0) is 74.1 Å². The van der Waals surface area contributed by atoms with Crippen molar-refractivity contribution in [2.45, 2.75) is 13.8 Å². The number of amides is 1. The van der Waals surface area contributed by atoms with Gasteiger partial charge >= 0.3 is 0 Å². The molecular formula is C24H19BrN2O2S. The molecule has 3 aromatic carbocycles. The SMILES string of the molecule is Cc1ccc(N=C2SC(=Cc3cc(Br)ccc3O)C(=O)N2c2ccc(C)cc2)cc1. The first-order valence-electron chi connectivity index (χ1n) is 9.35. The van der Waals surface area contributed by atoms with Gasteiger partial charge in [0.2, 0.25) is 0 Å². The second-order valence-corrected chi connectivity index (χ2v) is 8.94. The highest BCUT2D eigenvalue weighted by Gasteiger charge is 2.35. The number of hydrogen-bond acceptors (Lipinski definition) is 4. The van der Waals surface area contributed by atoms with Crippen molar-refractivity contribution in [2.24, 2.45) is 4.99 Å². The van der Waals surface area contributed by atoms with Crippen LogP contribution in [0, 0.1) is 13.8 Å². The zero-order chi connectivity index (χ0) is 21.3. The summed E-state index contributed by atoms with van der Waals surface area (Å²) in [4.78, 5) is 20.2. The lowest BCUT2D eigenvalue weighted by Crippen LogP contribution is -2.28. The van der Waals surface area contributed by atoms with Crippen molar-refractivity contribution in [1.82, 2.24) is 0 Å². The Kier molecular flexibility index (Phi) is 5.79. The van der Waals surface area contributed by atoms with Crippen molar-refractivity contribution >= 4 is 56.2 Å². The minimum absolute atomic E-state index is 0.116. The maximum absolute atomic E-state index is 13.3. The maximum atomic E-state index is 13.3. The number of hydrogen-bond donors (Lipinski definition) is 1. The van der Waals surface area contributed by atoms with E-state index in [0.29, 0.717) is 15.6 Å². The third-order valence-electron chi connectivity index (χ3n) is 4.63. The third kappa shape index (κ3) is 4.35. The van der Waals surface area contributed by atoms with E-state index in [1.54, 1.807) is 29.2 Å². The number of aromatic hydroxyl groups is 1. The fraction of sp³-hybridized carbons (Fsp3) is 0.0833. The monoisotopic (exact) mass is 478 g/mol. The van der Waals surface area contributed by atoms with Gasteiger partial charge in [0.25, 0.3) is 5.91 Å². The summed E-state index contributed by atoms with van der Waals surface area (Å²) in [5, 5.41) is 10.8. The molecule has 1 aliphatic rings. The Balaban J connectivity index is 1.79. The fourth-order valence-electron chi connectivity index (χ4n) is 2.98. The summed E-state index contributed by atoms with van der Waals surface area (Å²) in [5.41, 5.74) is 4.37. The van der Waals surface area contributed by atoms with Gasteiger partial charge in [-0.3, -0.25) is 9.69 Å². The van der Waals surface area contributed by atoms with Crippen LogP contribution in [-0.4, -0.2) is 16.2 Å². The molecule has 4 rings (SSSR count). The van der Waals surface area contributed by atoms with Crippen LogP contribution in [0.25, 0.3) is 6.08 Å². The summed E-state index contributed by atoms with van der Waals surface area (Å²) in [6.45, 7) is 4.03. The van der Waals surface area contributed by atoms with Crippen LogP contribution >= 0.6 is 27.7 Å². The van der Waals surface area contributed by atoms with E-state index in [1.807, 2.05) is 62.4 Å². The number of thioether (sulfide) groups is 1. The Morgan fingerprint density at radius 2 is 1.60 bits per heavy atom. The van der Waals surface area contributed by atoms with Gasteiger partial charge in [0.15, 0.2) is 5.17 Å². The number of phenols is 1. The molecule has 4 nitrogen and oxygen atoms in total. The van der Waals surface area contributed by atoms with Crippen LogP contribution in [0.1, 0.15) is 16.7 Å². The summed E-state index contributed by atoms with van der Waals surface area (Å²) in [5.74, 6) is -0.0565. The smallest absolute Gasteiger partial charge is 0.271 e. The molecule has 0 spiro atoms. The van der Waals surface area contributed by atoms with Crippen LogP contribution in [0.4, 0.5) is 11.4 Å². The van der Waals surface area contributed by atoms with Gasteiger partial charge in [-0.15, -0.1) is 0 Å². The number of nitrogens with zero attached hydrogens (tertiary/aromatic N) is 2. The Morgan fingerprint density at radius 3 is 2.27 bits per heavy atom. The summed E-state index contributed by atoms with van der Waals surface area (Å²) in [7, 11) is 0. The number of rotatable bonds is 3. The maximum Gasteiger partial charge on any atom is 0.271 e. The number of aliphatic imine (C=N–C) groups is 1. The van der Waals surface area contributed by atoms with Gasteiger partial charge in [-0.25, -0.2) is 4.99 Å². The van der Waals surface area contributed by atoms with Crippen molar-refractivity contribution in [1.29, 1.82) is 0 Å². The second-order valence-electron chi connectivity index (χ2n) is 7.02. The molecule has 3 aromatic rings. The van der Waals surface area contributed by atoms with E-state index in [-0.39, 0.29) is 11.7 Å². The Hall–Kier alpha value is -2.83. The third-order valence-corrected chi connectivity index (χ3v) is 6.10. The summed E-state index contributed by atoms with van der Waals surface area (Å²) in [6, 6.07) is 20.8. The van der Waals surface area contributed by atoms with Crippen LogP contribution in [-0.2, 0) is 4.79 Å². The number of amidine groups is 1. The molecule has 6 heteroatoms. The Morgan fingerprint density at radius 1 is 0.967 bits per heavy atom. The van der Waals surface area contributed by atoms with Gasteiger partial charge in [0.1, 0.15) is 5.75 Å². The predicted molar refractivity (Wildman–Crippen MR) is 128 cm³/mol. The minimum Gasteiger partial charge on any atom is -0.507 e. The summed E-state index contributed by atoms with van der Waals surface area (Å²) < 4.78 is 0.825. The van der Waals surface area contributed by atoms with Crippen molar-refractivity contribution in [3.63, 3.8) is 0 Å². The average Bonchev–Trinajstić information content (AvgIpc) is 3.02. The molecule has 0 aromatic heterocycles. The molecule has 1 heterocycles. The molecule has 1 saturated heterocycles. The molecule has 0 unspecified atom stereocenters. The first-order valence-corrected chi connectivity index (χ1v) is 11.0. The molecule has 1 fully saturated rings. The van der Waals surface area contributed by atoms with Gasteiger partial charge in [-0.2, -0.15) is 0 Å². The number of aryl methyl sites for hydroxylation is 2. The Labute approximate surface area is 188 Å². The second kappa shape index (κ2) is 8.50. The normalized spacial score (nSPS) is 16.6. The van der Waals surface area contributed by atoms with E-state index in [0.717, 1.165) is 27.0 Å². The molecule has 0 aliphatic carbocycles. The van der Waals surface area contributed by atoms with Crippen molar-refractivity contribution in [2.75, 3.05) is 4.90 Å². The molecule has 0 radical (unpaired) electrons. The quantitative estimate of drug-likeness (QED) is 0.432. The van der Waals surface area contributed by atoms with Crippen LogP contribution in [0.5, 0.6) is 5.75 Å². The predicted octanol–water partition coefficient (Wildman–Crippen LogP) is 6.58. The van der Waals surface area contributed by atoms with Crippen LogP contribution in [0.2, 0.25) is 0 Å². The molecule has 1 aliphatic heterocycles. The lowest BCUT2D eigenvalue weighted by atomic mass is 10.2. The zero-order valence-electron chi connectivity index (χ0n) is 16.5. The molecule has 0 bridgehead atoms. The largest absolute Gasteiger partial charge is 0.507 e. The lowest BCUT2D eigenvalue weighted by Gasteiger charge is -2.16. The number of carbonyl (C=O) groups is 1. The van der Waals surface area contributed by atoms with Gasteiger partial charge < -0.3 is 5.11 Å². The van der Waals surface area contributed by atoms with E-state index in [4.69, 9.17) is 4.99 Å². The van der Waals surface area contributed by atoms with E-state index >= 15 is 0 Å². The summed E-state index contributed by atoms with van der Waals surface area (Å²) in [6.07, 6.45) is 1.70. The number of carbonyl (C=O) groups excluding carboxylic acids is 1. The van der Waals surface area contributed by atoms with Gasteiger partial charge in [0.05, 0.1) is 16.3 Å². The molecule has 1 N–H and O–H groups in total. The Bertz CT molecular complexity index is 1170. The number of benzene rings is 3. The zero-order valence-corrected chi connectivity index (χ0v) is 18.9. The van der Waals surface area contributed by atoms with E-state index in [1.165, 1.54) is 11.8 Å². The van der Waals surface area contributed by atoms with Crippen molar-refractivity contribution in [3.8, 4) is 5.75 Å². The number of halogens is 1. The van der Waals surface area contributed by atoms with Crippen molar-refractivity contribution in [3.05, 3.63) is 92.8 Å². The van der Waals surface area contributed by atoms with E-state index in [2.05, 4.69) is 15.9 Å². The van der Waals surface area contributed by atoms with E-state index in [9.17, 15) is 9.90 Å². The molecular weight excluding hydrogens is 460 g/mol. The molecule has 0 atom stereocenters. The standard InChI is InChI=1S/C24H19BrN2O2S/c1-15-3-8-19(9-4-15)26-24-27(20-10-5-16(2)6-11-20)23(29)22(30-24)14-17-13-18(25)7-12-21(17)28/h3-14,28H,1-2H3.